The van der Waals surface area contributed by atoms with Crippen LogP contribution in [-0.4, -0.2) is 0 Å². The molecule has 0 N–H and O–H groups in total. The van der Waals surface area contributed by atoms with Crippen molar-refractivity contribution in [2.24, 2.45) is 0 Å². The number of hydrogen-bond acceptors (Lipinski definition) is 0. The molecule has 0 heteroatoms. The molecule has 0 spiro atoms. The Morgan fingerprint density at radius 3 is 1.53 bits per heavy atom. The highest BCUT2D eigenvalue weighted by molar-refractivity contribution is 6.34. The SMILES string of the molecule is c1ccc(C2(c3ccccc3)c3cccc4ccc5cc(-c6ccc7c8cccc9cccc(c%10cccc6c%107)c98)cc2c5c34)cc1. The zero-order valence-corrected chi connectivity index (χ0v) is 25.7. The van der Waals surface area contributed by atoms with E-state index in [4.69, 9.17) is 0 Å². The van der Waals surface area contributed by atoms with Crippen molar-refractivity contribution in [3.05, 3.63) is 192 Å². The van der Waals surface area contributed by atoms with E-state index in [1.54, 1.807) is 0 Å². The fourth-order valence-electron chi connectivity index (χ4n) is 9.21. The maximum atomic E-state index is 2.52. The molecular formula is C47H28. The smallest absolute Gasteiger partial charge is 0.0622 e. The minimum absolute atomic E-state index is 0.430. The van der Waals surface area contributed by atoms with Crippen LogP contribution in [0.15, 0.2) is 170 Å². The first-order valence-corrected chi connectivity index (χ1v) is 16.5. The maximum Gasteiger partial charge on any atom is 0.0714 e. The van der Waals surface area contributed by atoms with Crippen LogP contribution in [0.2, 0.25) is 0 Å². The molecule has 0 radical (unpaired) electrons. The van der Waals surface area contributed by atoms with Crippen molar-refractivity contribution in [3.8, 4) is 11.1 Å². The molecule has 47 heavy (non-hydrogen) atoms. The van der Waals surface area contributed by atoms with Crippen LogP contribution in [0.3, 0.4) is 0 Å². The average Bonchev–Trinajstić information content (AvgIpc) is 3.45. The van der Waals surface area contributed by atoms with Gasteiger partial charge in [-0.15, -0.1) is 0 Å². The van der Waals surface area contributed by atoms with Gasteiger partial charge in [0.25, 0.3) is 0 Å². The molecule has 0 saturated carbocycles. The molecule has 0 aromatic heterocycles. The molecule has 1 aliphatic rings. The van der Waals surface area contributed by atoms with Gasteiger partial charge in [-0.05, 0) is 110 Å². The van der Waals surface area contributed by atoms with Crippen LogP contribution >= 0.6 is 0 Å². The Balaban J connectivity index is 1.29. The van der Waals surface area contributed by atoms with Gasteiger partial charge in [-0.1, -0.05) is 158 Å². The molecule has 0 fully saturated rings. The van der Waals surface area contributed by atoms with Crippen molar-refractivity contribution in [3.63, 3.8) is 0 Å². The molecule has 0 unspecified atom stereocenters. The molecule has 0 bridgehead atoms. The first kappa shape index (κ1) is 25.2. The monoisotopic (exact) mass is 592 g/mol. The molecule has 0 amide bonds. The van der Waals surface area contributed by atoms with Gasteiger partial charge in [-0.3, -0.25) is 0 Å². The van der Waals surface area contributed by atoms with Crippen molar-refractivity contribution in [1.82, 2.24) is 0 Å². The van der Waals surface area contributed by atoms with E-state index >= 15 is 0 Å². The van der Waals surface area contributed by atoms with E-state index in [-0.39, 0.29) is 0 Å². The summed E-state index contributed by atoms with van der Waals surface area (Å²) in [5.41, 5.74) is 7.44. The Hall–Kier alpha value is -5.98. The van der Waals surface area contributed by atoms with Gasteiger partial charge in [-0.25, -0.2) is 0 Å². The van der Waals surface area contributed by atoms with Crippen molar-refractivity contribution < 1.29 is 0 Å². The zero-order valence-electron chi connectivity index (χ0n) is 25.7. The summed E-state index contributed by atoms with van der Waals surface area (Å²) < 4.78 is 0. The molecule has 11 rings (SSSR count). The predicted molar refractivity (Wildman–Crippen MR) is 200 cm³/mol. The highest BCUT2D eigenvalue weighted by Crippen LogP contribution is 2.57. The van der Waals surface area contributed by atoms with Gasteiger partial charge in [0.05, 0.1) is 5.41 Å². The molecule has 0 atom stereocenters. The lowest BCUT2D eigenvalue weighted by atomic mass is 9.67. The van der Waals surface area contributed by atoms with E-state index in [9.17, 15) is 0 Å². The summed E-state index contributed by atoms with van der Waals surface area (Å²) in [6, 6.07) is 63.8. The van der Waals surface area contributed by atoms with Gasteiger partial charge in [-0.2, -0.15) is 0 Å². The maximum absolute atomic E-state index is 2.52. The second-order valence-electron chi connectivity index (χ2n) is 13.2. The summed E-state index contributed by atoms with van der Waals surface area (Å²) in [6.07, 6.45) is 0. The van der Waals surface area contributed by atoms with E-state index in [2.05, 4.69) is 170 Å². The van der Waals surface area contributed by atoms with Gasteiger partial charge in [0.2, 0.25) is 0 Å². The van der Waals surface area contributed by atoms with Crippen LogP contribution in [0.4, 0.5) is 0 Å². The average molecular weight is 593 g/mol. The minimum Gasteiger partial charge on any atom is -0.0622 e. The van der Waals surface area contributed by atoms with E-state index in [1.807, 2.05) is 0 Å². The lowest BCUT2D eigenvalue weighted by Gasteiger charge is -2.34. The van der Waals surface area contributed by atoms with Crippen LogP contribution in [0.1, 0.15) is 22.3 Å². The molecule has 0 nitrogen and oxygen atoms in total. The van der Waals surface area contributed by atoms with Gasteiger partial charge in [0.1, 0.15) is 0 Å². The fraction of sp³-hybridized carbons (Fsp3) is 0.0213. The third-order valence-electron chi connectivity index (χ3n) is 11.0. The Labute approximate surface area is 272 Å². The summed E-state index contributed by atoms with van der Waals surface area (Å²) in [5.74, 6) is 0. The number of benzene rings is 10. The quantitative estimate of drug-likeness (QED) is 0.141. The van der Waals surface area contributed by atoms with Gasteiger partial charge >= 0.3 is 0 Å². The van der Waals surface area contributed by atoms with Crippen molar-refractivity contribution in [1.29, 1.82) is 0 Å². The van der Waals surface area contributed by atoms with Crippen LogP contribution in [0.5, 0.6) is 0 Å². The molecule has 216 valence electrons. The van der Waals surface area contributed by atoms with E-state index < -0.39 is 5.41 Å². The third kappa shape index (κ3) is 3.13. The van der Waals surface area contributed by atoms with Crippen LogP contribution < -0.4 is 0 Å². The highest BCUT2D eigenvalue weighted by Gasteiger charge is 2.45. The van der Waals surface area contributed by atoms with Gasteiger partial charge < -0.3 is 0 Å². The largest absolute Gasteiger partial charge is 0.0714 e. The van der Waals surface area contributed by atoms with Crippen molar-refractivity contribution in [2.75, 3.05) is 0 Å². The lowest BCUT2D eigenvalue weighted by Crippen LogP contribution is -2.28. The topological polar surface area (TPSA) is 0 Å². The second-order valence-corrected chi connectivity index (χ2v) is 13.2. The van der Waals surface area contributed by atoms with E-state index in [1.165, 1.54) is 98.0 Å². The molecule has 0 heterocycles. The molecule has 0 aliphatic heterocycles. The van der Waals surface area contributed by atoms with Gasteiger partial charge in [0.15, 0.2) is 0 Å². The summed E-state index contributed by atoms with van der Waals surface area (Å²) >= 11 is 0. The first-order valence-electron chi connectivity index (χ1n) is 16.5. The standard InChI is InChI=1S/C47H28/c1-3-14-33(15-4-1)47(34-16-5-2-6-17-34)41-22-9-13-30-23-24-31-27-32(28-42(47)45(31)44(30)41)35-25-26-40-38-19-8-12-29-11-7-18-37(43(29)38)39-21-10-20-36(35)46(39)40/h1-28H. The van der Waals surface area contributed by atoms with Crippen LogP contribution in [0, 0.1) is 0 Å². The number of hydrogen-bond donors (Lipinski definition) is 0. The second kappa shape index (κ2) is 9.06. The van der Waals surface area contributed by atoms with E-state index in [0.717, 1.165) is 0 Å². The molecular weight excluding hydrogens is 565 g/mol. The Morgan fingerprint density at radius 2 is 0.830 bits per heavy atom. The number of fused-ring (bicyclic) bond motifs is 2. The van der Waals surface area contributed by atoms with Gasteiger partial charge in [0, 0.05) is 0 Å². The highest BCUT2D eigenvalue weighted by atomic mass is 14.5. The summed E-state index contributed by atoms with van der Waals surface area (Å²) in [6.45, 7) is 0. The third-order valence-corrected chi connectivity index (χ3v) is 11.0. The first-order chi connectivity index (χ1) is 23.3. The summed E-state index contributed by atoms with van der Waals surface area (Å²) in [4.78, 5) is 0. The summed E-state index contributed by atoms with van der Waals surface area (Å²) in [5, 5.41) is 16.0. The molecule has 10 aromatic rings. The van der Waals surface area contributed by atoms with Crippen LogP contribution in [0.25, 0.3) is 75.8 Å². The Morgan fingerprint density at radius 1 is 0.298 bits per heavy atom. The molecule has 10 aromatic carbocycles. The molecule has 1 aliphatic carbocycles. The summed E-state index contributed by atoms with van der Waals surface area (Å²) in [7, 11) is 0. The molecule has 0 saturated heterocycles. The number of rotatable bonds is 3. The minimum atomic E-state index is -0.430. The van der Waals surface area contributed by atoms with E-state index in [0.29, 0.717) is 0 Å². The zero-order chi connectivity index (χ0) is 30.7. The fourth-order valence-corrected chi connectivity index (χ4v) is 9.21. The van der Waals surface area contributed by atoms with Crippen molar-refractivity contribution in [2.45, 2.75) is 5.41 Å². The Kier molecular flexibility index (Phi) is 4.86. The normalized spacial score (nSPS) is 13.7. The Bertz CT molecular complexity index is 2790. The van der Waals surface area contributed by atoms with Crippen LogP contribution in [-0.2, 0) is 5.41 Å². The lowest BCUT2D eigenvalue weighted by molar-refractivity contribution is 0.771. The van der Waals surface area contributed by atoms with Crippen molar-refractivity contribution >= 4 is 64.6 Å². The predicted octanol–water partition coefficient (Wildman–Crippen LogP) is 12.4.